The smallest absolute Gasteiger partial charge is 0.290 e. The number of benzene rings is 3. The fourth-order valence-corrected chi connectivity index (χ4v) is 4.65. The van der Waals surface area contributed by atoms with Crippen molar-refractivity contribution in [3.63, 3.8) is 0 Å². The first-order valence-electron chi connectivity index (χ1n) is 11.8. The van der Waals surface area contributed by atoms with Crippen LogP contribution < -0.4 is 15.9 Å². The SMILES string of the molecule is Cc1cc2oc3c(c(=O)c2cc1C)C(c1ccc(OCC(N)=O)cc1)N(CCc1ccccc1)C3=O. The standard InChI is InChI=1S/C29H26N2O5/c1-17-14-22-23(15-18(17)2)36-28-25(27(22)33)26(20-8-10-21(11-9-20)35-16-24(30)32)31(29(28)34)13-12-19-6-4-3-5-7-19/h3-11,14-15,26H,12-13,16H2,1-2H3,(H2,30,32). The number of nitrogens with zero attached hydrogens (tertiary/aromatic N) is 1. The van der Waals surface area contributed by atoms with Crippen molar-refractivity contribution in [3.05, 3.63) is 111 Å². The highest BCUT2D eigenvalue weighted by Gasteiger charge is 2.42. The van der Waals surface area contributed by atoms with E-state index in [-0.39, 0.29) is 23.7 Å². The van der Waals surface area contributed by atoms with Crippen LogP contribution in [0.5, 0.6) is 5.75 Å². The summed E-state index contributed by atoms with van der Waals surface area (Å²) in [6.07, 6.45) is 0.628. The lowest BCUT2D eigenvalue weighted by Gasteiger charge is -2.25. The zero-order valence-electron chi connectivity index (χ0n) is 20.1. The van der Waals surface area contributed by atoms with Gasteiger partial charge in [0.1, 0.15) is 11.3 Å². The summed E-state index contributed by atoms with van der Waals surface area (Å²) in [5.74, 6) is -0.328. The van der Waals surface area contributed by atoms with Gasteiger partial charge in [0.05, 0.1) is 17.0 Å². The zero-order chi connectivity index (χ0) is 25.4. The molecule has 36 heavy (non-hydrogen) atoms. The molecule has 1 aliphatic rings. The summed E-state index contributed by atoms with van der Waals surface area (Å²) in [6, 6.07) is 19.9. The van der Waals surface area contributed by atoms with Gasteiger partial charge >= 0.3 is 0 Å². The molecule has 0 fully saturated rings. The Morgan fingerprint density at radius 2 is 1.69 bits per heavy atom. The van der Waals surface area contributed by atoms with Crippen LogP contribution in [0, 0.1) is 13.8 Å². The molecule has 1 aliphatic heterocycles. The number of aryl methyl sites for hydroxylation is 2. The quantitative estimate of drug-likeness (QED) is 0.428. The van der Waals surface area contributed by atoms with Crippen LogP contribution in [-0.4, -0.2) is 29.9 Å². The number of rotatable bonds is 7. The maximum absolute atomic E-state index is 13.8. The fourth-order valence-electron chi connectivity index (χ4n) is 4.65. The van der Waals surface area contributed by atoms with Gasteiger partial charge in [0.15, 0.2) is 12.0 Å². The number of hydrogen-bond donors (Lipinski definition) is 1. The average Bonchev–Trinajstić information content (AvgIpc) is 3.15. The van der Waals surface area contributed by atoms with Crippen molar-refractivity contribution in [2.75, 3.05) is 13.2 Å². The van der Waals surface area contributed by atoms with Gasteiger partial charge in [0.25, 0.3) is 11.8 Å². The average molecular weight is 483 g/mol. The minimum absolute atomic E-state index is 0.0860. The molecule has 0 aliphatic carbocycles. The number of ether oxygens (including phenoxy) is 1. The van der Waals surface area contributed by atoms with Crippen molar-refractivity contribution >= 4 is 22.8 Å². The molecule has 2 heterocycles. The van der Waals surface area contributed by atoms with E-state index in [2.05, 4.69) is 0 Å². The topological polar surface area (TPSA) is 103 Å². The largest absolute Gasteiger partial charge is 0.484 e. The monoisotopic (exact) mass is 482 g/mol. The summed E-state index contributed by atoms with van der Waals surface area (Å²) in [6.45, 7) is 4.06. The summed E-state index contributed by atoms with van der Waals surface area (Å²) < 4.78 is 11.5. The Balaban J connectivity index is 1.60. The molecule has 2 amide bonds. The van der Waals surface area contributed by atoms with Gasteiger partial charge in [-0.3, -0.25) is 14.4 Å². The predicted octanol–water partition coefficient (Wildman–Crippen LogP) is 4.06. The lowest BCUT2D eigenvalue weighted by atomic mass is 9.97. The first-order valence-corrected chi connectivity index (χ1v) is 11.8. The van der Waals surface area contributed by atoms with Crippen LogP contribution >= 0.6 is 0 Å². The zero-order valence-corrected chi connectivity index (χ0v) is 20.1. The third kappa shape index (κ3) is 4.24. The Bertz CT molecular complexity index is 1520. The molecule has 0 radical (unpaired) electrons. The van der Waals surface area contributed by atoms with E-state index in [0.717, 1.165) is 22.3 Å². The molecule has 1 atom stereocenters. The number of carbonyl (C=O) groups excluding carboxylic acids is 2. The van der Waals surface area contributed by atoms with Gasteiger partial charge in [-0.05, 0) is 66.8 Å². The van der Waals surface area contributed by atoms with Gasteiger partial charge in [-0.25, -0.2) is 0 Å². The molecule has 4 aromatic rings. The minimum Gasteiger partial charge on any atom is -0.484 e. The van der Waals surface area contributed by atoms with Crippen LogP contribution in [0.1, 0.15) is 44.4 Å². The minimum atomic E-state index is -0.608. The van der Waals surface area contributed by atoms with Crippen molar-refractivity contribution in [1.82, 2.24) is 4.90 Å². The van der Waals surface area contributed by atoms with E-state index < -0.39 is 11.9 Å². The van der Waals surface area contributed by atoms with E-state index in [1.807, 2.05) is 56.3 Å². The van der Waals surface area contributed by atoms with E-state index >= 15 is 0 Å². The van der Waals surface area contributed by atoms with Crippen molar-refractivity contribution in [1.29, 1.82) is 0 Å². The van der Waals surface area contributed by atoms with E-state index in [1.54, 1.807) is 29.2 Å². The van der Waals surface area contributed by atoms with Crippen LogP contribution in [0.25, 0.3) is 11.0 Å². The summed E-state index contributed by atoms with van der Waals surface area (Å²) >= 11 is 0. The van der Waals surface area contributed by atoms with Crippen molar-refractivity contribution in [2.24, 2.45) is 5.73 Å². The fraction of sp³-hybridized carbons (Fsp3) is 0.207. The van der Waals surface area contributed by atoms with Crippen molar-refractivity contribution in [3.8, 4) is 5.75 Å². The van der Waals surface area contributed by atoms with E-state index in [9.17, 15) is 14.4 Å². The Labute approximate surface area is 208 Å². The summed E-state index contributed by atoms with van der Waals surface area (Å²) in [5, 5.41) is 0.459. The van der Waals surface area contributed by atoms with Crippen LogP contribution in [0.15, 0.2) is 75.9 Å². The first kappa shape index (κ1) is 23.4. The Morgan fingerprint density at radius 3 is 2.39 bits per heavy atom. The molecule has 3 aromatic carbocycles. The number of amides is 2. The molecule has 1 unspecified atom stereocenters. The van der Waals surface area contributed by atoms with Gasteiger partial charge in [0.2, 0.25) is 5.76 Å². The summed E-state index contributed by atoms with van der Waals surface area (Å²) in [7, 11) is 0. The second kappa shape index (κ2) is 9.34. The van der Waals surface area contributed by atoms with E-state index in [0.29, 0.717) is 35.2 Å². The van der Waals surface area contributed by atoms with Gasteiger partial charge in [0, 0.05) is 6.54 Å². The van der Waals surface area contributed by atoms with E-state index in [1.165, 1.54) is 0 Å². The van der Waals surface area contributed by atoms with Gasteiger partial charge in [-0.1, -0.05) is 42.5 Å². The molecular weight excluding hydrogens is 456 g/mol. The molecule has 0 saturated heterocycles. The number of fused-ring (bicyclic) bond motifs is 2. The van der Waals surface area contributed by atoms with Gasteiger partial charge < -0.3 is 19.8 Å². The van der Waals surface area contributed by atoms with Crippen LogP contribution in [0.4, 0.5) is 0 Å². The molecule has 1 aromatic heterocycles. The van der Waals surface area contributed by atoms with Crippen LogP contribution in [0.2, 0.25) is 0 Å². The Hall–Kier alpha value is -4.39. The van der Waals surface area contributed by atoms with Crippen LogP contribution in [0.3, 0.4) is 0 Å². The number of carbonyl (C=O) groups is 2. The lowest BCUT2D eigenvalue weighted by molar-refractivity contribution is -0.119. The maximum Gasteiger partial charge on any atom is 0.290 e. The third-order valence-electron chi connectivity index (χ3n) is 6.64. The summed E-state index contributed by atoms with van der Waals surface area (Å²) in [5.41, 5.74) is 9.52. The number of hydrogen-bond acceptors (Lipinski definition) is 5. The third-order valence-corrected chi connectivity index (χ3v) is 6.64. The molecule has 7 heteroatoms. The number of nitrogens with two attached hydrogens (primary N) is 1. The van der Waals surface area contributed by atoms with Gasteiger partial charge in [-0.2, -0.15) is 0 Å². The highest BCUT2D eigenvalue weighted by atomic mass is 16.5. The second-order valence-corrected chi connectivity index (χ2v) is 9.07. The molecule has 0 spiro atoms. The highest BCUT2D eigenvalue weighted by Crippen LogP contribution is 2.39. The molecule has 182 valence electrons. The normalized spacial score (nSPS) is 14.8. The molecule has 7 nitrogen and oxygen atoms in total. The molecule has 0 bridgehead atoms. The molecule has 2 N–H and O–H groups in total. The van der Waals surface area contributed by atoms with Gasteiger partial charge in [-0.15, -0.1) is 0 Å². The molecule has 0 saturated carbocycles. The predicted molar refractivity (Wildman–Crippen MR) is 136 cm³/mol. The molecular formula is C29H26N2O5. The van der Waals surface area contributed by atoms with E-state index in [4.69, 9.17) is 14.9 Å². The van der Waals surface area contributed by atoms with Crippen LogP contribution in [-0.2, 0) is 11.2 Å². The lowest BCUT2D eigenvalue weighted by Crippen LogP contribution is -2.31. The first-order chi connectivity index (χ1) is 17.3. The molecule has 5 rings (SSSR count). The highest BCUT2D eigenvalue weighted by molar-refractivity contribution is 5.99. The Kier molecular flexibility index (Phi) is 6.06. The van der Waals surface area contributed by atoms with Crippen molar-refractivity contribution < 1.29 is 18.7 Å². The Morgan fingerprint density at radius 1 is 1.00 bits per heavy atom. The van der Waals surface area contributed by atoms with Crippen molar-refractivity contribution in [2.45, 2.75) is 26.3 Å². The summed E-state index contributed by atoms with van der Waals surface area (Å²) in [4.78, 5) is 40.1. The second-order valence-electron chi connectivity index (χ2n) is 9.07. The maximum atomic E-state index is 13.8. The number of primary amides is 1.